The molecule has 0 saturated carbocycles. The highest BCUT2D eigenvalue weighted by Crippen LogP contribution is 2.35. The van der Waals surface area contributed by atoms with Gasteiger partial charge in [0.05, 0.1) is 23.0 Å². The number of carbonyl (C=O) groups excluding carboxylic acids is 1. The molecule has 5 aromatic rings. The molecule has 2 aromatic heterocycles. The zero-order valence-electron chi connectivity index (χ0n) is 17.8. The molecule has 35 heavy (non-hydrogen) atoms. The number of carboxylic acids is 1. The maximum Gasteiger partial charge on any atom is 0.335 e. The fourth-order valence-corrected chi connectivity index (χ4v) is 3.74. The Morgan fingerprint density at radius 2 is 1.57 bits per heavy atom. The molecule has 1 amide bonds. The maximum absolute atomic E-state index is 14.6. The zero-order valence-corrected chi connectivity index (χ0v) is 17.8. The number of pyridine rings is 1. The van der Waals surface area contributed by atoms with E-state index in [1.54, 1.807) is 24.3 Å². The van der Waals surface area contributed by atoms with Crippen LogP contribution in [0.15, 0.2) is 66.9 Å². The predicted octanol–water partition coefficient (Wildman–Crippen LogP) is 4.66. The van der Waals surface area contributed by atoms with Gasteiger partial charge in [0, 0.05) is 22.0 Å². The summed E-state index contributed by atoms with van der Waals surface area (Å²) in [4.78, 5) is 36.0. The van der Waals surface area contributed by atoms with Gasteiger partial charge in [-0.2, -0.15) is 0 Å². The van der Waals surface area contributed by atoms with Crippen LogP contribution in [0.5, 0.6) is 0 Å². The van der Waals surface area contributed by atoms with Crippen molar-refractivity contribution in [3.8, 4) is 11.3 Å². The van der Waals surface area contributed by atoms with Gasteiger partial charge in [-0.1, -0.05) is 12.1 Å². The van der Waals surface area contributed by atoms with Gasteiger partial charge in [0.15, 0.2) is 0 Å². The van der Waals surface area contributed by atoms with Gasteiger partial charge in [-0.05, 0) is 48.5 Å². The fourth-order valence-electron chi connectivity index (χ4n) is 3.74. The first-order valence-corrected chi connectivity index (χ1v) is 10.3. The van der Waals surface area contributed by atoms with Gasteiger partial charge in [-0.3, -0.25) is 4.79 Å². The van der Waals surface area contributed by atoms with Gasteiger partial charge < -0.3 is 16.2 Å². The van der Waals surface area contributed by atoms with Crippen LogP contribution in [0.3, 0.4) is 0 Å². The molecular weight excluding hydrogens is 456 g/mol. The van der Waals surface area contributed by atoms with Crippen molar-refractivity contribution in [2.24, 2.45) is 5.73 Å². The lowest BCUT2D eigenvalue weighted by Gasteiger charge is -2.12. The van der Waals surface area contributed by atoms with Crippen LogP contribution in [0.1, 0.15) is 20.7 Å². The first-order valence-electron chi connectivity index (χ1n) is 10.3. The summed E-state index contributed by atoms with van der Waals surface area (Å²) >= 11 is 0. The molecule has 4 N–H and O–H groups in total. The lowest BCUT2D eigenvalue weighted by atomic mass is 9.99. The minimum Gasteiger partial charge on any atom is -0.478 e. The predicted molar refractivity (Wildman–Crippen MR) is 125 cm³/mol. The number of halogens is 2. The maximum atomic E-state index is 14.6. The number of fused-ring (bicyclic) bond motifs is 3. The second-order valence-electron chi connectivity index (χ2n) is 7.62. The second kappa shape index (κ2) is 8.41. The van der Waals surface area contributed by atoms with Crippen LogP contribution in [0, 0.1) is 11.6 Å². The summed E-state index contributed by atoms with van der Waals surface area (Å²) in [7, 11) is 0. The number of nitrogens with one attached hydrogen (secondary N) is 1. The molecule has 0 fully saturated rings. The Balaban J connectivity index is 1.70. The Morgan fingerprint density at radius 1 is 0.886 bits per heavy atom. The average Bonchev–Trinajstić information content (AvgIpc) is 2.84. The van der Waals surface area contributed by atoms with E-state index >= 15 is 0 Å². The summed E-state index contributed by atoms with van der Waals surface area (Å²) in [5.41, 5.74) is 6.29. The van der Waals surface area contributed by atoms with Crippen molar-refractivity contribution < 1.29 is 23.5 Å². The second-order valence-corrected chi connectivity index (χ2v) is 7.62. The molecule has 0 aliphatic rings. The van der Waals surface area contributed by atoms with Crippen molar-refractivity contribution in [3.63, 3.8) is 0 Å². The molecule has 0 radical (unpaired) electrons. The highest BCUT2D eigenvalue weighted by molar-refractivity contribution is 6.11. The van der Waals surface area contributed by atoms with E-state index in [0.717, 1.165) is 12.1 Å². The third-order valence-corrected chi connectivity index (χ3v) is 5.40. The van der Waals surface area contributed by atoms with Crippen LogP contribution in [0.2, 0.25) is 0 Å². The molecule has 5 rings (SSSR count). The van der Waals surface area contributed by atoms with Gasteiger partial charge in [-0.25, -0.2) is 28.5 Å². The van der Waals surface area contributed by atoms with Crippen molar-refractivity contribution >= 4 is 45.3 Å². The Morgan fingerprint density at radius 3 is 2.23 bits per heavy atom. The number of rotatable bonds is 5. The van der Waals surface area contributed by atoms with Gasteiger partial charge in [-0.15, -0.1) is 0 Å². The third-order valence-electron chi connectivity index (χ3n) is 5.40. The zero-order chi connectivity index (χ0) is 24.7. The molecule has 2 heterocycles. The summed E-state index contributed by atoms with van der Waals surface area (Å²) < 4.78 is 29.3. The summed E-state index contributed by atoms with van der Waals surface area (Å²) in [6, 6.07) is 14.0. The number of amides is 1. The van der Waals surface area contributed by atoms with Gasteiger partial charge >= 0.3 is 5.97 Å². The van der Waals surface area contributed by atoms with Crippen molar-refractivity contribution in [3.05, 3.63) is 89.6 Å². The highest BCUT2D eigenvalue weighted by atomic mass is 19.1. The van der Waals surface area contributed by atoms with Crippen LogP contribution in [0.25, 0.3) is 33.1 Å². The smallest absolute Gasteiger partial charge is 0.335 e. The Labute approximate surface area is 196 Å². The first kappa shape index (κ1) is 21.8. The molecule has 3 aromatic carbocycles. The highest BCUT2D eigenvalue weighted by Gasteiger charge is 2.20. The number of aromatic carboxylic acids is 1. The number of carbonyl (C=O) groups is 2. The molecular formula is C25H15F2N5O3. The summed E-state index contributed by atoms with van der Waals surface area (Å²) in [5.74, 6) is -3.23. The molecule has 0 aliphatic carbocycles. The number of primary amides is 1. The lowest BCUT2D eigenvalue weighted by Crippen LogP contribution is -2.10. The fraction of sp³-hybridized carbons (Fsp3) is 0. The standard InChI is InChI=1S/C25H15F2N5O3/c26-17-2-1-3-18(27)20(17)22-16-10-13(24(34)35)6-9-15(16)21-19(31-22)11-29-25(32-21)30-14-7-4-12(5-8-14)23(28)33/h1-11H,(H2,28,33)(H,34,35)(H,29,30,32). The minimum absolute atomic E-state index is 0.0578. The lowest BCUT2D eigenvalue weighted by molar-refractivity contribution is 0.0696. The van der Waals surface area contributed by atoms with E-state index in [1.165, 1.54) is 30.5 Å². The van der Waals surface area contributed by atoms with E-state index in [9.17, 15) is 23.5 Å². The number of nitrogens with zero attached hydrogens (tertiary/aromatic N) is 3. The number of nitrogens with two attached hydrogens (primary N) is 1. The van der Waals surface area contributed by atoms with Crippen LogP contribution in [-0.2, 0) is 0 Å². The number of carboxylic acid groups (broad SMARTS) is 1. The van der Waals surface area contributed by atoms with Gasteiger partial charge in [0.1, 0.15) is 22.7 Å². The number of hydrogen-bond acceptors (Lipinski definition) is 6. The molecule has 0 bridgehead atoms. The van der Waals surface area contributed by atoms with E-state index in [1.807, 2.05) is 0 Å². The van der Waals surface area contributed by atoms with Crippen molar-refractivity contribution in [1.29, 1.82) is 0 Å². The van der Waals surface area contributed by atoms with Crippen LogP contribution >= 0.6 is 0 Å². The summed E-state index contributed by atoms with van der Waals surface area (Å²) in [5, 5.41) is 13.1. The molecule has 0 spiro atoms. The van der Waals surface area contributed by atoms with E-state index in [0.29, 0.717) is 22.2 Å². The Bertz CT molecular complexity index is 1640. The molecule has 10 heteroatoms. The number of anilines is 2. The number of benzene rings is 3. The van der Waals surface area contributed by atoms with Crippen LogP contribution in [0.4, 0.5) is 20.4 Å². The number of hydrogen-bond donors (Lipinski definition) is 3. The average molecular weight is 471 g/mol. The number of aromatic nitrogens is 3. The molecule has 0 atom stereocenters. The van der Waals surface area contributed by atoms with Gasteiger partial charge in [0.25, 0.3) is 0 Å². The van der Waals surface area contributed by atoms with Crippen LogP contribution < -0.4 is 11.1 Å². The minimum atomic E-state index is -1.20. The Hall–Kier alpha value is -4.99. The van der Waals surface area contributed by atoms with Crippen molar-refractivity contribution in [1.82, 2.24) is 15.0 Å². The van der Waals surface area contributed by atoms with Crippen molar-refractivity contribution in [2.45, 2.75) is 0 Å². The first-order chi connectivity index (χ1) is 16.8. The largest absolute Gasteiger partial charge is 0.478 e. The SMILES string of the molecule is NC(=O)c1ccc(Nc2ncc3nc(-c4c(F)cccc4F)c4cc(C(=O)O)ccc4c3n2)cc1. The van der Waals surface area contributed by atoms with E-state index in [-0.39, 0.29) is 33.7 Å². The third kappa shape index (κ3) is 3.97. The summed E-state index contributed by atoms with van der Waals surface area (Å²) in [6.45, 7) is 0. The normalized spacial score (nSPS) is 11.0. The topological polar surface area (TPSA) is 131 Å². The summed E-state index contributed by atoms with van der Waals surface area (Å²) in [6.07, 6.45) is 1.40. The molecule has 0 unspecified atom stereocenters. The molecule has 172 valence electrons. The van der Waals surface area contributed by atoms with E-state index in [4.69, 9.17) is 5.73 Å². The Kier molecular flexibility index (Phi) is 5.25. The van der Waals surface area contributed by atoms with E-state index in [2.05, 4.69) is 20.3 Å². The quantitative estimate of drug-likeness (QED) is 0.318. The van der Waals surface area contributed by atoms with Crippen molar-refractivity contribution in [2.75, 3.05) is 5.32 Å². The van der Waals surface area contributed by atoms with E-state index < -0.39 is 23.5 Å². The molecule has 0 saturated heterocycles. The molecule has 0 aliphatic heterocycles. The van der Waals surface area contributed by atoms with Crippen LogP contribution in [-0.4, -0.2) is 31.9 Å². The van der Waals surface area contributed by atoms with Gasteiger partial charge in [0.2, 0.25) is 11.9 Å². The molecule has 8 nitrogen and oxygen atoms in total. The monoisotopic (exact) mass is 471 g/mol.